The van der Waals surface area contributed by atoms with Crippen molar-refractivity contribution in [2.24, 2.45) is 17.6 Å². The summed E-state index contributed by atoms with van der Waals surface area (Å²) in [6.07, 6.45) is 4.65. The van der Waals surface area contributed by atoms with Crippen LogP contribution in [0.4, 0.5) is 0 Å². The summed E-state index contributed by atoms with van der Waals surface area (Å²) < 4.78 is 16.6. The monoisotopic (exact) mass is 573 g/mol. The van der Waals surface area contributed by atoms with Gasteiger partial charge < -0.3 is 35.7 Å². The molecule has 40 heavy (non-hydrogen) atoms. The maximum Gasteiger partial charge on any atom is 0.161 e. The lowest BCUT2D eigenvalue weighted by Gasteiger charge is -2.30. The minimum Gasteiger partial charge on any atom is -0.493 e. The summed E-state index contributed by atoms with van der Waals surface area (Å²) in [6.45, 7) is 6.93. The fraction of sp³-hybridized carbons (Fsp3) is 0.562. The van der Waals surface area contributed by atoms with Gasteiger partial charge in [-0.3, -0.25) is 0 Å². The van der Waals surface area contributed by atoms with Gasteiger partial charge in [0.2, 0.25) is 0 Å². The highest BCUT2D eigenvalue weighted by Gasteiger charge is 2.24. The van der Waals surface area contributed by atoms with Crippen molar-refractivity contribution in [3.8, 4) is 11.5 Å². The van der Waals surface area contributed by atoms with Crippen molar-refractivity contribution in [3.63, 3.8) is 0 Å². The Morgan fingerprint density at radius 1 is 1.00 bits per heavy atom. The molecule has 0 aromatic heterocycles. The molecule has 7 nitrogen and oxygen atoms in total. The third-order valence-electron chi connectivity index (χ3n) is 7.69. The second-order valence-electron chi connectivity index (χ2n) is 11.0. The standard InChI is InChI=1S/C32H48ClN3O4/c1-22(2)25(18-23-10-13-31(39-4)32(19-23)40-17-7-16-38-3)20-27(34)30(37)21-36-29-12-11-28(29)35-15-14-24-8-5-6-9-26(24)33/h5-6,8-10,13,19,22,25,27,30,35-37H,7,11-12,14-18,20-21,34H2,1-4H3/t25-,27-,30-/m0/s1. The van der Waals surface area contributed by atoms with Crippen molar-refractivity contribution < 1.29 is 19.3 Å². The van der Waals surface area contributed by atoms with Crippen LogP contribution in [0.2, 0.25) is 5.02 Å². The zero-order valence-corrected chi connectivity index (χ0v) is 25.3. The molecule has 0 saturated heterocycles. The second kappa shape index (κ2) is 16.7. The number of nitrogens with two attached hydrogens (primary N) is 1. The van der Waals surface area contributed by atoms with Crippen LogP contribution < -0.4 is 25.8 Å². The summed E-state index contributed by atoms with van der Waals surface area (Å²) in [7, 11) is 3.34. The van der Waals surface area contributed by atoms with Crippen LogP contribution in [0.25, 0.3) is 0 Å². The minimum atomic E-state index is -0.630. The highest BCUT2D eigenvalue weighted by atomic mass is 35.5. The highest BCUT2D eigenvalue weighted by molar-refractivity contribution is 6.31. The number of rotatable bonds is 19. The Bertz CT molecular complexity index is 1080. The van der Waals surface area contributed by atoms with Crippen LogP contribution in [0.1, 0.15) is 50.7 Å². The summed E-state index contributed by atoms with van der Waals surface area (Å²) in [6, 6.07) is 13.7. The van der Waals surface area contributed by atoms with E-state index in [-0.39, 0.29) is 6.04 Å². The summed E-state index contributed by atoms with van der Waals surface area (Å²) in [5.74, 6) is 2.22. The molecule has 0 amide bonds. The molecule has 0 bridgehead atoms. The van der Waals surface area contributed by atoms with Gasteiger partial charge in [-0.25, -0.2) is 0 Å². The Labute approximate surface area is 245 Å². The van der Waals surface area contributed by atoms with Gasteiger partial charge in [-0.15, -0.1) is 0 Å². The number of methoxy groups -OCH3 is 2. The van der Waals surface area contributed by atoms with E-state index >= 15 is 0 Å². The highest BCUT2D eigenvalue weighted by Crippen LogP contribution is 2.31. The summed E-state index contributed by atoms with van der Waals surface area (Å²) in [4.78, 5) is 0. The average Bonchev–Trinajstić information content (AvgIpc) is 2.93. The van der Waals surface area contributed by atoms with Crippen LogP contribution in [0.15, 0.2) is 53.9 Å². The zero-order chi connectivity index (χ0) is 28.9. The van der Waals surface area contributed by atoms with Gasteiger partial charge in [-0.2, -0.15) is 0 Å². The van der Waals surface area contributed by atoms with Crippen LogP contribution in [0.3, 0.4) is 0 Å². The van der Waals surface area contributed by atoms with Crippen LogP contribution >= 0.6 is 11.6 Å². The van der Waals surface area contributed by atoms with Crippen LogP contribution in [0, 0.1) is 11.8 Å². The topological polar surface area (TPSA) is 98.0 Å². The number of nitrogens with one attached hydrogen (secondary N) is 2. The van der Waals surface area contributed by atoms with Crippen molar-refractivity contribution in [2.45, 2.75) is 64.5 Å². The van der Waals surface area contributed by atoms with Gasteiger partial charge in [0.05, 0.1) is 19.8 Å². The number of hydrogen-bond donors (Lipinski definition) is 4. The smallest absolute Gasteiger partial charge is 0.161 e. The normalized spacial score (nSPS) is 15.4. The first-order valence-corrected chi connectivity index (χ1v) is 14.9. The van der Waals surface area contributed by atoms with Gasteiger partial charge >= 0.3 is 0 Å². The van der Waals surface area contributed by atoms with Crippen LogP contribution in [-0.4, -0.2) is 57.8 Å². The number of halogens is 1. The Hall–Kier alpha value is -2.45. The molecule has 0 saturated carbocycles. The molecular weight excluding hydrogens is 526 g/mol. The van der Waals surface area contributed by atoms with Crippen molar-refractivity contribution in [1.29, 1.82) is 0 Å². The van der Waals surface area contributed by atoms with E-state index in [2.05, 4.69) is 42.7 Å². The zero-order valence-electron chi connectivity index (χ0n) is 24.5. The third kappa shape index (κ3) is 9.88. The molecule has 0 heterocycles. The van der Waals surface area contributed by atoms with Crippen molar-refractivity contribution in [2.75, 3.05) is 40.5 Å². The van der Waals surface area contributed by atoms with E-state index in [0.29, 0.717) is 31.6 Å². The van der Waals surface area contributed by atoms with Gasteiger partial charge in [0.1, 0.15) is 0 Å². The molecular formula is C32H48ClN3O4. The lowest BCUT2D eigenvalue weighted by atomic mass is 9.83. The molecule has 2 aromatic rings. The van der Waals surface area contributed by atoms with E-state index in [1.54, 1.807) is 14.2 Å². The molecule has 1 aliphatic carbocycles. The molecule has 8 heteroatoms. The van der Waals surface area contributed by atoms with E-state index in [9.17, 15) is 5.11 Å². The Morgan fingerprint density at radius 2 is 1.75 bits per heavy atom. The van der Waals surface area contributed by atoms with E-state index in [0.717, 1.165) is 67.2 Å². The fourth-order valence-electron chi connectivity index (χ4n) is 4.94. The van der Waals surface area contributed by atoms with Crippen molar-refractivity contribution in [1.82, 2.24) is 10.6 Å². The van der Waals surface area contributed by atoms with E-state index in [4.69, 9.17) is 31.5 Å². The molecule has 3 atom stereocenters. The first kappa shape index (κ1) is 32.1. The predicted octanol–water partition coefficient (Wildman–Crippen LogP) is 5.08. The number of benzene rings is 2. The maximum atomic E-state index is 10.9. The van der Waals surface area contributed by atoms with E-state index in [1.165, 1.54) is 17.0 Å². The molecule has 3 rings (SSSR count). The maximum absolute atomic E-state index is 10.9. The van der Waals surface area contributed by atoms with E-state index in [1.807, 2.05) is 24.3 Å². The molecule has 222 valence electrons. The average molecular weight is 574 g/mol. The molecule has 0 radical (unpaired) electrons. The SMILES string of the molecule is COCCCOc1cc(C[C@@H](C[C@H](N)[C@@H](O)CNC2=C(NCCc3ccccc3Cl)CC2)C(C)C)ccc1OC. The fourth-order valence-corrected chi connectivity index (χ4v) is 5.17. The molecule has 2 aromatic carbocycles. The first-order chi connectivity index (χ1) is 19.3. The molecule has 0 fully saturated rings. The molecule has 0 aliphatic heterocycles. The van der Waals surface area contributed by atoms with Gasteiger partial charge in [0.15, 0.2) is 11.5 Å². The number of aliphatic hydroxyl groups is 1. The van der Waals surface area contributed by atoms with Crippen molar-refractivity contribution in [3.05, 3.63) is 70.0 Å². The molecule has 0 unspecified atom stereocenters. The number of allylic oxidation sites excluding steroid dienone is 2. The van der Waals surface area contributed by atoms with Crippen LogP contribution in [-0.2, 0) is 17.6 Å². The molecule has 5 N–H and O–H groups in total. The Kier molecular flexibility index (Phi) is 13.4. The largest absolute Gasteiger partial charge is 0.493 e. The van der Waals surface area contributed by atoms with E-state index < -0.39 is 6.10 Å². The summed E-state index contributed by atoms with van der Waals surface area (Å²) in [5, 5.41) is 18.6. The Balaban J connectivity index is 1.48. The van der Waals surface area contributed by atoms with Crippen molar-refractivity contribution >= 4 is 11.6 Å². The number of hydrogen-bond acceptors (Lipinski definition) is 7. The van der Waals surface area contributed by atoms with Gasteiger partial charge in [-0.05, 0) is 73.3 Å². The summed E-state index contributed by atoms with van der Waals surface area (Å²) >= 11 is 6.27. The van der Waals surface area contributed by atoms with Gasteiger partial charge in [0, 0.05) is 55.7 Å². The first-order valence-electron chi connectivity index (χ1n) is 14.5. The number of aliphatic hydroxyl groups excluding tert-OH is 1. The Morgan fingerprint density at radius 3 is 2.42 bits per heavy atom. The second-order valence-corrected chi connectivity index (χ2v) is 11.4. The number of ether oxygens (including phenoxy) is 3. The summed E-state index contributed by atoms with van der Waals surface area (Å²) in [5.41, 5.74) is 11.2. The molecule has 0 spiro atoms. The predicted molar refractivity (Wildman–Crippen MR) is 163 cm³/mol. The van der Waals surface area contributed by atoms with Gasteiger partial charge in [0.25, 0.3) is 0 Å². The van der Waals surface area contributed by atoms with Crippen LogP contribution in [0.5, 0.6) is 11.5 Å². The minimum absolute atomic E-state index is 0.319. The molecule has 1 aliphatic rings. The quantitative estimate of drug-likeness (QED) is 0.174. The third-order valence-corrected chi connectivity index (χ3v) is 8.06. The lowest BCUT2D eigenvalue weighted by Crippen LogP contribution is -2.44. The van der Waals surface area contributed by atoms with Gasteiger partial charge in [-0.1, -0.05) is 49.7 Å². The lowest BCUT2D eigenvalue weighted by molar-refractivity contribution is 0.126.